The van der Waals surface area contributed by atoms with Gasteiger partial charge in [0.1, 0.15) is 11.9 Å². The van der Waals surface area contributed by atoms with Gasteiger partial charge in [0.05, 0.1) is 0 Å². The SMILES string of the molecule is C=C1C(=O)C2=C(OC(C)C2)C(=C/C)/C1=C\C. The lowest BCUT2D eigenvalue weighted by atomic mass is 9.83. The van der Waals surface area contributed by atoms with Crippen LogP contribution in [0.1, 0.15) is 27.2 Å². The molecule has 0 aromatic carbocycles. The maximum atomic E-state index is 12.1. The van der Waals surface area contributed by atoms with Gasteiger partial charge in [-0.15, -0.1) is 0 Å². The minimum atomic E-state index is 0.0399. The summed E-state index contributed by atoms with van der Waals surface area (Å²) in [6.07, 6.45) is 4.70. The first-order valence-corrected chi connectivity index (χ1v) is 5.57. The average Bonchev–Trinajstić information content (AvgIpc) is 2.65. The fourth-order valence-corrected chi connectivity index (χ4v) is 2.32. The molecule has 0 amide bonds. The third kappa shape index (κ3) is 1.37. The summed E-state index contributed by atoms with van der Waals surface area (Å²) in [5, 5.41) is 0. The van der Waals surface area contributed by atoms with Gasteiger partial charge in [-0.05, 0) is 26.3 Å². The summed E-state index contributed by atoms with van der Waals surface area (Å²) in [6, 6.07) is 0. The van der Waals surface area contributed by atoms with E-state index in [1.165, 1.54) is 0 Å². The van der Waals surface area contributed by atoms with Gasteiger partial charge in [0, 0.05) is 23.1 Å². The summed E-state index contributed by atoms with van der Waals surface area (Å²) < 4.78 is 5.73. The van der Waals surface area contributed by atoms with Crippen molar-refractivity contribution in [1.29, 1.82) is 0 Å². The van der Waals surface area contributed by atoms with Crippen molar-refractivity contribution in [3.8, 4) is 0 Å². The number of ether oxygens (including phenoxy) is 1. The molecule has 1 aliphatic carbocycles. The molecule has 1 atom stereocenters. The Labute approximate surface area is 96.0 Å². The van der Waals surface area contributed by atoms with Crippen LogP contribution >= 0.6 is 0 Å². The second kappa shape index (κ2) is 3.78. The van der Waals surface area contributed by atoms with E-state index in [1.807, 2.05) is 32.9 Å². The number of carbonyl (C=O) groups is 1. The van der Waals surface area contributed by atoms with Gasteiger partial charge >= 0.3 is 0 Å². The fraction of sp³-hybridized carbons (Fsp3) is 0.357. The van der Waals surface area contributed by atoms with E-state index < -0.39 is 0 Å². The van der Waals surface area contributed by atoms with Gasteiger partial charge in [0.15, 0.2) is 5.78 Å². The molecule has 1 heterocycles. The zero-order chi connectivity index (χ0) is 11.9. The molecule has 0 aromatic heterocycles. The number of allylic oxidation sites excluding steroid dienone is 4. The Kier molecular flexibility index (Phi) is 2.58. The predicted molar refractivity (Wildman–Crippen MR) is 63.9 cm³/mol. The van der Waals surface area contributed by atoms with Crippen molar-refractivity contribution < 1.29 is 9.53 Å². The highest BCUT2D eigenvalue weighted by atomic mass is 16.5. The van der Waals surface area contributed by atoms with Crippen LogP contribution in [0.25, 0.3) is 0 Å². The van der Waals surface area contributed by atoms with E-state index in [2.05, 4.69) is 6.58 Å². The number of Topliss-reactive ketones (excluding diaryl/α,β-unsaturated/α-hetero) is 1. The highest BCUT2D eigenvalue weighted by Gasteiger charge is 2.36. The summed E-state index contributed by atoms with van der Waals surface area (Å²) in [7, 11) is 0. The average molecular weight is 216 g/mol. The van der Waals surface area contributed by atoms with Crippen molar-refractivity contribution in [2.45, 2.75) is 33.3 Å². The van der Waals surface area contributed by atoms with Crippen LogP contribution in [0.4, 0.5) is 0 Å². The van der Waals surface area contributed by atoms with Crippen LogP contribution in [-0.4, -0.2) is 11.9 Å². The largest absolute Gasteiger partial charge is 0.489 e. The monoisotopic (exact) mass is 216 g/mol. The number of rotatable bonds is 0. The molecule has 0 spiro atoms. The first-order valence-electron chi connectivity index (χ1n) is 5.57. The molecule has 2 nitrogen and oxygen atoms in total. The van der Waals surface area contributed by atoms with Crippen molar-refractivity contribution >= 4 is 5.78 Å². The van der Waals surface area contributed by atoms with Crippen LogP contribution in [0.5, 0.6) is 0 Å². The fourth-order valence-electron chi connectivity index (χ4n) is 2.32. The molecule has 16 heavy (non-hydrogen) atoms. The Hall–Kier alpha value is -1.57. The van der Waals surface area contributed by atoms with Crippen molar-refractivity contribution in [3.63, 3.8) is 0 Å². The molecule has 0 saturated carbocycles. The van der Waals surface area contributed by atoms with Crippen LogP contribution in [0.15, 0.2) is 46.8 Å². The molecular weight excluding hydrogens is 200 g/mol. The lowest BCUT2D eigenvalue weighted by molar-refractivity contribution is -0.112. The minimum Gasteiger partial charge on any atom is -0.489 e. The minimum absolute atomic E-state index is 0.0399. The van der Waals surface area contributed by atoms with Gasteiger partial charge in [-0.25, -0.2) is 0 Å². The van der Waals surface area contributed by atoms with Crippen LogP contribution in [0, 0.1) is 0 Å². The molecule has 2 heteroatoms. The molecule has 2 rings (SSSR count). The zero-order valence-corrected chi connectivity index (χ0v) is 9.96. The molecular formula is C14H16O2. The molecule has 0 N–H and O–H groups in total. The molecule has 0 fully saturated rings. The van der Waals surface area contributed by atoms with Gasteiger partial charge in [-0.2, -0.15) is 0 Å². The Morgan fingerprint density at radius 2 is 1.94 bits per heavy atom. The quantitative estimate of drug-likeness (QED) is 0.582. The van der Waals surface area contributed by atoms with Crippen LogP contribution in [0.3, 0.4) is 0 Å². The highest BCUT2D eigenvalue weighted by molar-refractivity contribution is 6.14. The van der Waals surface area contributed by atoms with Crippen LogP contribution in [-0.2, 0) is 9.53 Å². The number of hydrogen-bond acceptors (Lipinski definition) is 2. The highest BCUT2D eigenvalue weighted by Crippen LogP contribution is 2.41. The second-order valence-corrected chi connectivity index (χ2v) is 4.15. The third-order valence-electron chi connectivity index (χ3n) is 3.07. The summed E-state index contributed by atoms with van der Waals surface area (Å²) in [5.74, 6) is 0.804. The molecule has 84 valence electrons. The Morgan fingerprint density at radius 1 is 1.31 bits per heavy atom. The van der Waals surface area contributed by atoms with Crippen LogP contribution < -0.4 is 0 Å². The van der Waals surface area contributed by atoms with E-state index in [9.17, 15) is 4.79 Å². The maximum absolute atomic E-state index is 12.1. The molecule has 1 aliphatic heterocycles. The molecule has 2 aliphatic rings. The first-order chi connectivity index (χ1) is 7.60. The van der Waals surface area contributed by atoms with Crippen molar-refractivity contribution in [2.24, 2.45) is 0 Å². The van der Waals surface area contributed by atoms with E-state index in [-0.39, 0.29) is 11.9 Å². The Balaban J connectivity index is 2.60. The maximum Gasteiger partial charge on any atom is 0.192 e. The normalized spacial score (nSPS) is 30.1. The van der Waals surface area contributed by atoms with Crippen LogP contribution in [0.2, 0.25) is 0 Å². The summed E-state index contributed by atoms with van der Waals surface area (Å²) in [6.45, 7) is 9.74. The molecule has 0 bridgehead atoms. The Bertz CT molecular complexity index is 461. The zero-order valence-electron chi connectivity index (χ0n) is 9.96. The summed E-state index contributed by atoms with van der Waals surface area (Å²) in [4.78, 5) is 12.1. The standard InChI is InChI=1S/C14H16O2/c1-5-10-9(4)13(15)12-7-8(3)16-14(12)11(10)6-2/h5-6,8H,4,7H2,1-3H3/b10-5-,11-6+. The van der Waals surface area contributed by atoms with E-state index in [0.717, 1.165) is 22.5 Å². The van der Waals surface area contributed by atoms with Gasteiger partial charge in [-0.3, -0.25) is 4.79 Å². The van der Waals surface area contributed by atoms with E-state index in [1.54, 1.807) is 0 Å². The summed E-state index contributed by atoms with van der Waals surface area (Å²) >= 11 is 0. The second-order valence-electron chi connectivity index (χ2n) is 4.15. The van der Waals surface area contributed by atoms with E-state index in [4.69, 9.17) is 4.74 Å². The van der Waals surface area contributed by atoms with Crippen molar-refractivity contribution in [1.82, 2.24) is 0 Å². The van der Waals surface area contributed by atoms with Gasteiger partial charge < -0.3 is 4.74 Å². The van der Waals surface area contributed by atoms with Crippen molar-refractivity contribution in [3.05, 3.63) is 46.8 Å². The summed E-state index contributed by atoms with van der Waals surface area (Å²) in [5.41, 5.74) is 3.29. The number of carbonyl (C=O) groups excluding carboxylic acids is 1. The third-order valence-corrected chi connectivity index (χ3v) is 3.07. The van der Waals surface area contributed by atoms with Gasteiger partial charge in [-0.1, -0.05) is 18.7 Å². The van der Waals surface area contributed by atoms with Gasteiger partial charge in [0.2, 0.25) is 0 Å². The molecule has 1 unspecified atom stereocenters. The predicted octanol–water partition coefficient (Wildman–Crippen LogP) is 3.08. The Morgan fingerprint density at radius 3 is 2.50 bits per heavy atom. The molecule has 0 radical (unpaired) electrons. The van der Waals surface area contributed by atoms with Gasteiger partial charge in [0.25, 0.3) is 0 Å². The molecule has 0 aromatic rings. The molecule has 0 saturated heterocycles. The lowest BCUT2D eigenvalue weighted by Gasteiger charge is -2.21. The smallest absolute Gasteiger partial charge is 0.192 e. The first kappa shape index (κ1) is 10.9. The number of ketones is 1. The lowest BCUT2D eigenvalue weighted by Crippen LogP contribution is -2.16. The van der Waals surface area contributed by atoms with E-state index in [0.29, 0.717) is 12.0 Å². The number of hydrogen-bond donors (Lipinski definition) is 0. The topological polar surface area (TPSA) is 26.3 Å². The van der Waals surface area contributed by atoms with Crippen molar-refractivity contribution in [2.75, 3.05) is 0 Å². The van der Waals surface area contributed by atoms with E-state index >= 15 is 0 Å².